The van der Waals surface area contributed by atoms with Crippen molar-refractivity contribution >= 4 is 17.7 Å². The summed E-state index contributed by atoms with van der Waals surface area (Å²) >= 11 is 1.23. The lowest BCUT2D eigenvalue weighted by Gasteiger charge is -2.12. The van der Waals surface area contributed by atoms with Crippen molar-refractivity contribution in [3.8, 4) is 0 Å². The molecule has 6 heteroatoms. The van der Waals surface area contributed by atoms with Gasteiger partial charge in [-0.05, 0) is 18.1 Å². The Hall–Kier alpha value is -1.69. The first-order chi connectivity index (χ1) is 9.08. The van der Waals surface area contributed by atoms with Crippen molar-refractivity contribution in [2.45, 2.75) is 31.5 Å². The zero-order chi connectivity index (χ0) is 13.8. The van der Waals surface area contributed by atoms with Gasteiger partial charge in [0.2, 0.25) is 0 Å². The summed E-state index contributed by atoms with van der Waals surface area (Å²) in [5.41, 5.74) is 1.07. The van der Waals surface area contributed by atoms with Crippen molar-refractivity contribution < 1.29 is 14.3 Å². The molecule has 0 aromatic carbocycles. The highest BCUT2D eigenvalue weighted by Gasteiger charge is 2.15. The van der Waals surface area contributed by atoms with Crippen LogP contribution in [0.5, 0.6) is 0 Å². The van der Waals surface area contributed by atoms with E-state index < -0.39 is 5.97 Å². The van der Waals surface area contributed by atoms with Crippen LogP contribution in [0.3, 0.4) is 0 Å². The van der Waals surface area contributed by atoms with Crippen LogP contribution in [-0.4, -0.2) is 26.4 Å². The second-order valence-electron chi connectivity index (χ2n) is 4.47. The lowest BCUT2D eigenvalue weighted by atomic mass is 10.1. The summed E-state index contributed by atoms with van der Waals surface area (Å²) in [7, 11) is 0. The van der Waals surface area contributed by atoms with Crippen molar-refractivity contribution in [1.82, 2.24) is 9.55 Å². The third-order valence-electron chi connectivity index (χ3n) is 2.66. The molecule has 0 bridgehead atoms. The minimum atomic E-state index is -0.844. The van der Waals surface area contributed by atoms with E-state index in [9.17, 15) is 4.79 Å². The topological polar surface area (TPSA) is 68.3 Å². The van der Waals surface area contributed by atoms with E-state index in [1.807, 2.05) is 16.7 Å². The minimum Gasteiger partial charge on any atom is -0.481 e. The number of nitrogens with zero attached hydrogens (tertiary/aromatic N) is 2. The first-order valence-electron chi connectivity index (χ1n) is 6.00. The molecule has 0 aliphatic heterocycles. The van der Waals surface area contributed by atoms with Gasteiger partial charge in [0.25, 0.3) is 0 Å². The molecule has 0 amide bonds. The van der Waals surface area contributed by atoms with Crippen LogP contribution < -0.4 is 0 Å². The van der Waals surface area contributed by atoms with Gasteiger partial charge < -0.3 is 14.1 Å². The Balaban J connectivity index is 2.25. The minimum absolute atomic E-state index is 0.00665. The van der Waals surface area contributed by atoms with E-state index in [2.05, 4.69) is 18.8 Å². The lowest BCUT2D eigenvalue weighted by molar-refractivity contribution is -0.133. The van der Waals surface area contributed by atoms with Gasteiger partial charge >= 0.3 is 5.97 Å². The number of hydrogen-bond acceptors (Lipinski definition) is 4. The number of carboxylic acids is 1. The number of carbonyl (C=O) groups is 1. The van der Waals surface area contributed by atoms with E-state index in [0.29, 0.717) is 17.6 Å². The Kier molecular flexibility index (Phi) is 4.31. The molecule has 19 heavy (non-hydrogen) atoms. The molecule has 0 spiro atoms. The number of hydrogen-bond donors (Lipinski definition) is 1. The van der Waals surface area contributed by atoms with Crippen LogP contribution in [0, 0.1) is 0 Å². The van der Waals surface area contributed by atoms with Gasteiger partial charge in [-0.25, -0.2) is 4.98 Å². The molecule has 0 saturated carbocycles. The summed E-state index contributed by atoms with van der Waals surface area (Å²) in [5, 5.41) is 9.47. The van der Waals surface area contributed by atoms with Crippen LogP contribution in [0.4, 0.5) is 0 Å². The van der Waals surface area contributed by atoms with Crippen LogP contribution >= 0.6 is 11.8 Å². The lowest BCUT2D eigenvalue weighted by Crippen LogP contribution is -2.08. The molecular weight excluding hydrogens is 264 g/mol. The Morgan fingerprint density at radius 1 is 1.58 bits per heavy atom. The molecular formula is C13H16N2O3S. The Morgan fingerprint density at radius 3 is 2.95 bits per heavy atom. The van der Waals surface area contributed by atoms with Crippen molar-refractivity contribution in [3.63, 3.8) is 0 Å². The molecule has 0 atom stereocenters. The molecule has 5 nitrogen and oxygen atoms in total. The monoisotopic (exact) mass is 280 g/mol. The average Bonchev–Trinajstić information content (AvgIpc) is 2.96. The smallest absolute Gasteiger partial charge is 0.313 e. The van der Waals surface area contributed by atoms with Gasteiger partial charge in [-0.15, -0.1) is 0 Å². The fraction of sp³-hybridized carbons (Fsp3) is 0.385. The van der Waals surface area contributed by atoms with E-state index in [-0.39, 0.29) is 5.75 Å². The molecule has 2 rings (SSSR count). The summed E-state index contributed by atoms with van der Waals surface area (Å²) in [4.78, 5) is 15.0. The molecule has 2 heterocycles. The van der Waals surface area contributed by atoms with Gasteiger partial charge in [0.15, 0.2) is 5.16 Å². The molecule has 0 radical (unpaired) electrons. The number of imidazole rings is 1. The molecule has 0 saturated heterocycles. The third kappa shape index (κ3) is 3.41. The second-order valence-corrected chi connectivity index (χ2v) is 5.41. The maximum atomic E-state index is 10.7. The average molecular weight is 280 g/mol. The van der Waals surface area contributed by atoms with E-state index in [1.54, 1.807) is 12.5 Å². The van der Waals surface area contributed by atoms with Gasteiger partial charge in [-0.1, -0.05) is 25.6 Å². The first kappa shape index (κ1) is 13.7. The Morgan fingerprint density at radius 2 is 2.37 bits per heavy atom. The maximum Gasteiger partial charge on any atom is 0.313 e. The van der Waals surface area contributed by atoms with Gasteiger partial charge in [0.05, 0.1) is 18.6 Å². The highest BCUT2D eigenvalue weighted by Crippen LogP contribution is 2.24. The number of aromatic nitrogens is 2. The number of furan rings is 1. The summed E-state index contributed by atoms with van der Waals surface area (Å²) in [5.74, 6) is 0.314. The van der Waals surface area contributed by atoms with Crippen molar-refractivity contribution in [1.29, 1.82) is 0 Å². The third-order valence-corrected chi connectivity index (χ3v) is 3.64. The zero-order valence-electron chi connectivity index (χ0n) is 10.9. The quantitative estimate of drug-likeness (QED) is 0.824. The van der Waals surface area contributed by atoms with Crippen molar-refractivity contribution in [2.75, 3.05) is 5.75 Å². The highest BCUT2D eigenvalue weighted by atomic mass is 32.2. The molecule has 0 aliphatic carbocycles. The number of carboxylic acid groups (broad SMARTS) is 1. The van der Waals surface area contributed by atoms with Gasteiger partial charge in [-0.3, -0.25) is 4.79 Å². The molecule has 2 aromatic rings. The second kappa shape index (κ2) is 5.97. The van der Waals surface area contributed by atoms with E-state index in [0.717, 1.165) is 11.5 Å². The fourth-order valence-corrected chi connectivity index (χ4v) is 2.50. The molecule has 0 fully saturated rings. The Bertz CT molecular complexity index is 546. The summed E-state index contributed by atoms with van der Waals surface area (Å²) < 4.78 is 7.36. The van der Waals surface area contributed by atoms with Crippen molar-refractivity contribution in [2.24, 2.45) is 0 Å². The SMILES string of the molecule is CC(C)c1cnc(SCC(=O)O)n1Cc1ccco1. The van der Waals surface area contributed by atoms with Gasteiger partial charge in [0.1, 0.15) is 5.76 Å². The van der Waals surface area contributed by atoms with Crippen LogP contribution in [-0.2, 0) is 11.3 Å². The molecule has 1 N–H and O–H groups in total. The standard InChI is InChI=1S/C13H16N2O3S/c1-9(2)11-6-14-13(19-8-12(16)17)15(11)7-10-4-3-5-18-10/h3-6,9H,7-8H2,1-2H3,(H,16,17). The predicted octanol–water partition coefficient (Wildman–Crippen LogP) is 2.82. The summed E-state index contributed by atoms with van der Waals surface area (Å²) in [6, 6.07) is 3.74. The molecule has 2 aromatic heterocycles. The van der Waals surface area contributed by atoms with Crippen LogP contribution in [0.25, 0.3) is 0 Å². The zero-order valence-corrected chi connectivity index (χ0v) is 11.7. The Labute approximate surface area is 115 Å². The first-order valence-corrected chi connectivity index (χ1v) is 6.99. The van der Waals surface area contributed by atoms with E-state index >= 15 is 0 Å². The normalized spacial score (nSPS) is 11.1. The van der Waals surface area contributed by atoms with Gasteiger partial charge in [0, 0.05) is 11.9 Å². The van der Waals surface area contributed by atoms with Crippen LogP contribution in [0.15, 0.2) is 34.2 Å². The molecule has 102 valence electrons. The largest absolute Gasteiger partial charge is 0.481 e. The maximum absolute atomic E-state index is 10.7. The number of aliphatic carboxylic acids is 1. The van der Waals surface area contributed by atoms with Crippen LogP contribution in [0.1, 0.15) is 31.2 Å². The highest BCUT2D eigenvalue weighted by molar-refractivity contribution is 7.99. The van der Waals surface area contributed by atoms with E-state index in [4.69, 9.17) is 9.52 Å². The van der Waals surface area contributed by atoms with Gasteiger partial charge in [-0.2, -0.15) is 0 Å². The predicted molar refractivity (Wildman–Crippen MR) is 72.5 cm³/mol. The van der Waals surface area contributed by atoms with Crippen LogP contribution in [0.2, 0.25) is 0 Å². The van der Waals surface area contributed by atoms with E-state index in [1.165, 1.54) is 11.8 Å². The fourth-order valence-electron chi connectivity index (χ4n) is 1.79. The summed E-state index contributed by atoms with van der Waals surface area (Å²) in [6.07, 6.45) is 3.43. The summed E-state index contributed by atoms with van der Waals surface area (Å²) in [6.45, 7) is 4.74. The number of rotatable bonds is 6. The number of thioether (sulfide) groups is 1. The van der Waals surface area contributed by atoms with Crippen molar-refractivity contribution in [3.05, 3.63) is 36.0 Å². The molecule has 0 unspecified atom stereocenters. The molecule has 0 aliphatic rings.